The van der Waals surface area contributed by atoms with Crippen molar-refractivity contribution in [3.63, 3.8) is 0 Å². The van der Waals surface area contributed by atoms with E-state index in [4.69, 9.17) is 23.2 Å². The average Bonchev–Trinajstić information content (AvgIpc) is 2.77. The van der Waals surface area contributed by atoms with Crippen molar-refractivity contribution < 1.29 is 18.0 Å². The van der Waals surface area contributed by atoms with Gasteiger partial charge in [0.05, 0.1) is 11.9 Å². The van der Waals surface area contributed by atoms with E-state index in [9.17, 15) is 18.0 Å². The van der Waals surface area contributed by atoms with Crippen molar-refractivity contribution in [1.82, 2.24) is 10.2 Å². The molecule has 2 aromatic rings. The molecule has 0 bridgehead atoms. The van der Waals surface area contributed by atoms with Crippen LogP contribution in [0, 0.1) is 13.8 Å². The molecule has 2 amide bonds. The Morgan fingerprint density at radius 3 is 2.14 bits per heavy atom. The Balaban J connectivity index is 2.47. The van der Waals surface area contributed by atoms with Crippen molar-refractivity contribution in [2.24, 2.45) is 0 Å². The number of hydrogen-bond donors (Lipinski definition) is 1. The van der Waals surface area contributed by atoms with Crippen LogP contribution in [0.15, 0.2) is 36.4 Å². The zero-order valence-corrected chi connectivity index (χ0v) is 23.3. The zero-order chi connectivity index (χ0) is 26.5. The number of hydrogen-bond acceptors (Lipinski definition) is 4. The van der Waals surface area contributed by atoms with Crippen LogP contribution in [0.2, 0.25) is 10.0 Å². The number of nitrogens with zero attached hydrogens (tertiary/aromatic N) is 2. The van der Waals surface area contributed by atoms with Gasteiger partial charge in [0.15, 0.2) is 0 Å². The van der Waals surface area contributed by atoms with Crippen LogP contribution < -0.4 is 9.62 Å². The fourth-order valence-corrected chi connectivity index (χ4v) is 4.75. The molecular formula is C25H33Cl2N3O4S. The predicted octanol–water partition coefficient (Wildman–Crippen LogP) is 4.71. The predicted molar refractivity (Wildman–Crippen MR) is 142 cm³/mol. The average molecular weight is 543 g/mol. The topological polar surface area (TPSA) is 86.8 Å². The second kappa shape index (κ2) is 12.1. The maximum Gasteiger partial charge on any atom is 0.244 e. The molecule has 10 heteroatoms. The van der Waals surface area contributed by atoms with Crippen LogP contribution in [0.3, 0.4) is 0 Å². The molecule has 0 heterocycles. The summed E-state index contributed by atoms with van der Waals surface area (Å²) in [5.74, 6) is -0.913. The smallest absolute Gasteiger partial charge is 0.244 e. The van der Waals surface area contributed by atoms with Gasteiger partial charge in [0, 0.05) is 28.2 Å². The zero-order valence-electron chi connectivity index (χ0n) is 20.9. The highest BCUT2D eigenvalue weighted by atomic mass is 35.5. The number of anilines is 1. The molecule has 0 aliphatic heterocycles. The Labute approximate surface area is 218 Å². The molecule has 0 saturated carbocycles. The summed E-state index contributed by atoms with van der Waals surface area (Å²) in [6.07, 6.45) is 1.77. The molecule has 0 spiro atoms. The van der Waals surface area contributed by atoms with Crippen LogP contribution in [-0.2, 0) is 26.2 Å². The molecule has 1 N–H and O–H groups in total. The van der Waals surface area contributed by atoms with Gasteiger partial charge in [-0.1, -0.05) is 42.3 Å². The molecule has 0 saturated heterocycles. The number of nitrogens with one attached hydrogen (secondary N) is 1. The molecule has 2 rings (SSSR count). The quantitative estimate of drug-likeness (QED) is 0.471. The van der Waals surface area contributed by atoms with Gasteiger partial charge in [-0.15, -0.1) is 0 Å². The van der Waals surface area contributed by atoms with Crippen LogP contribution in [0.5, 0.6) is 0 Å². The lowest BCUT2D eigenvalue weighted by atomic mass is 10.1. The summed E-state index contributed by atoms with van der Waals surface area (Å²) in [6, 6.07) is 9.17. The number of halogens is 2. The summed E-state index contributed by atoms with van der Waals surface area (Å²) in [6.45, 7) is 8.65. The first-order valence-electron chi connectivity index (χ1n) is 11.3. The third-order valence-electron chi connectivity index (χ3n) is 6.02. The second-order valence-corrected chi connectivity index (χ2v) is 11.5. The standard InChI is InChI=1S/C25H33Cl2N3O4S/c1-7-18(4)28-25(32)19(5)29(14-21-22(26)9-8-10-23(21)27)24(31)15-30(35(6,33)34)20-12-11-16(2)17(3)13-20/h8-13,18-19H,7,14-15H2,1-6H3,(H,28,32)/t18-,19+/m1/s1. The van der Waals surface area contributed by atoms with Crippen molar-refractivity contribution in [3.8, 4) is 0 Å². The third kappa shape index (κ3) is 7.59. The lowest BCUT2D eigenvalue weighted by Crippen LogP contribution is -2.52. The minimum Gasteiger partial charge on any atom is -0.352 e. The van der Waals surface area contributed by atoms with Gasteiger partial charge in [-0.25, -0.2) is 8.42 Å². The fraction of sp³-hybridized carbons (Fsp3) is 0.440. The fourth-order valence-electron chi connectivity index (χ4n) is 3.40. The van der Waals surface area contributed by atoms with Crippen LogP contribution in [0.1, 0.15) is 43.9 Å². The normalized spacial score (nSPS) is 13.1. The minimum absolute atomic E-state index is 0.0586. The van der Waals surface area contributed by atoms with Crippen molar-refractivity contribution >= 4 is 50.7 Å². The molecular weight excluding hydrogens is 509 g/mol. The van der Waals surface area contributed by atoms with Crippen LogP contribution in [0.25, 0.3) is 0 Å². The molecule has 0 aliphatic carbocycles. The van der Waals surface area contributed by atoms with Crippen molar-refractivity contribution in [3.05, 3.63) is 63.1 Å². The lowest BCUT2D eigenvalue weighted by molar-refractivity contribution is -0.139. The van der Waals surface area contributed by atoms with Crippen LogP contribution >= 0.6 is 23.2 Å². The van der Waals surface area contributed by atoms with E-state index in [1.165, 1.54) is 4.90 Å². The number of sulfonamides is 1. The van der Waals surface area contributed by atoms with Crippen molar-refractivity contribution in [1.29, 1.82) is 0 Å². The Kier molecular flexibility index (Phi) is 10.0. The van der Waals surface area contributed by atoms with Gasteiger partial charge >= 0.3 is 0 Å². The first kappa shape index (κ1) is 28.9. The Morgan fingerprint density at radius 2 is 1.63 bits per heavy atom. The maximum absolute atomic E-state index is 13.6. The number of amides is 2. The SMILES string of the molecule is CC[C@@H](C)NC(=O)[C@H](C)N(Cc1c(Cl)cccc1Cl)C(=O)CN(c1ccc(C)c(C)c1)S(C)(=O)=O. The van der Waals surface area contributed by atoms with E-state index in [0.717, 1.165) is 28.1 Å². The minimum atomic E-state index is -3.80. The molecule has 192 valence electrons. The highest BCUT2D eigenvalue weighted by molar-refractivity contribution is 7.92. The monoisotopic (exact) mass is 541 g/mol. The van der Waals surface area contributed by atoms with Gasteiger partial charge in [-0.2, -0.15) is 0 Å². The second-order valence-electron chi connectivity index (χ2n) is 8.75. The molecule has 7 nitrogen and oxygen atoms in total. The first-order valence-corrected chi connectivity index (χ1v) is 13.9. The third-order valence-corrected chi connectivity index (χ3v) is 7.86. The maximum atomic E-state index is 13.6. The van der Waals surface area contributed by atoms with Crippen LogP contribution in [-0.4, -0.2) is 50.0 Å². The number of rotatable bonds is 10. The van der Waals surface area contributed by atoms with E-state index in [1.54, 1.807) is 43.3 Å². The van der Waals surface area contributed by atoms with Crippen LogP contribution in [0.4, 0.5) is 5.69 Å². The number of carbonyl (C=O) groups is 2. The van der Waals surface area contributed by atoms with Gasteiger partial charge in [0.1, 0.15) is 12.6 Å². The van der Waals surface area contributed by atoms with Crippen molar-refractivity contribution in [2.45, 2.75) is 59.7 Å². The number of aryl methyl sites for hydroxylation is 2. The number of carbonyl (C=O) groups excluding carboxylic acids is 2. The Hall–Kier alpha value is -2.29. The first-order chi connectivity index (χ1) is 16.3. The summed E-state index contributed by atoms with van der Waals surface area (Å²) < 4.78 is 26.4. The molecule has 35 heavy (non-hydrogen) atoms. The molecule has 0 aromatic heterocycles. The molecule has 0 radical (unpaired) electrons. The van der Waals surface area contributed by atoms with E-state index in [-0.39, 0.29) is 18.5 Å². The van der Waals surface area contributed by atoms with Gasteiger partial charge in [-0.3, -0.25) is 13.9 Å². The lowest BCUT2D eigenvalue weighted by Gasteiger charge is -2.32. The summed E-state index contributed by atoms with van der Waals surface area (Å²) in [5.41, 5.74) is 2.74. The van der Waals surface area contributed by atoms with E-state index >= 15 is 0 Å². The van der Waals surface area contributed by atoms with E-state index in [0.29, 0.717) is 21.3 Å². The van der Waals surface area contributed by atoms with E-state index in [2.05, 4.69) is 5.32 Å². The van der Waals surface area contributed by atoms with Crippen molar-refractivity contribution in [2.75, 3.05) is 17.1 Å². The van der Waals surface area contributed by atoms with Gasteiger partial charge in [-0.05, 0) is 69.5 Å². The Bertz CT molecular complexity index is 1170. The number of benzene rings is 2. The highest BCUT2D eigenvalue weighted by Gasteiger charge is 2.31. The summed E-state index contributed by atoms with van der Waals surface area (Å²) in [7, 11) is -3.80. The largest absolute Gasteiger partial charge is 0.352 e. The van der Waals surface area contributed by atoms with E-state index in [1.807, 2.05) is 27.7 Å². The molecule has 2 atom stereocenters. The van der Waals surface area contributed by atoms with Gasteiger partial charge in [0.2, 0.25) is 21.8 Å². The van der Waals surface area contributed by atoms with Gasteiger partial charge < -0.3 is 10.2 Å². The van der Waals surface area contributed by atoms with Gasteiger partial charge in [0.25, 0.3) is 0 Å². The summed E-state index contributed by atoms with van der Waals surface area (Å²) in [5, 5.41) is 3.57. The molecule has 0 aliphatic rings. The summed E-state index contributed by atoms with van der Waals surface area (Å²) in [4.78, 5) is 27.9. The molecule has 0 unspecified atom stereocenters. The molecule has 2 aromatic carbocycles. The molecule has 0 fully saturated rings. The highest BCUT2D eigenvalue weighted by Crippen LogP contribution is 2.27. The Morgan fingerprint density at radius 1 is 1.03 bits per heavy atom. The summed E-state index contributed by atoms with van der Waals surface area (Å²) >= 11 is 12.7. The van der Waals surface area contributed by atoms with E-state index < -0.39 is 28.5 Å².